The molecule has 1 atom stereocenters. The van der Waals surface area contributed by atoms with E-state index in [1.54, 1.807) is 12.1 Å². The summed E-state index contributed by atoms with van der Waals surface area (Å²) < 4.78 is 10.9. The monoisotopic (exact) mass is 261 g/mol. The Balaban J connectivity index is 1.88. The number of hydrogen-bond donors (Lipinski definition) is 2. The predicted molar refractivity (Wildman–Crippen MR) is 69.2 cm³/mol. The first-order valence-corrected chi connectivity index (χ1v) is 6.30. The number of ether oxygens (including phenoxy) is 1. The van der Waals surface area contributed by atoms with Gasteiger partial charge in [0.2, 0.25) is 0 Å². The van der Waals surface area contributed by atoms with Crippen LogP contribution in [0.2, 0.25) is 0 Å². The summed E-state index contributed by atoms with van der Waals surface area (Å²) in [5, 5.41) is 13.3. The Hall–Kier alpha value is -1.85. The number of rotatable bonds is 4. The highest BCUT2D eigenvalue weighted by Crippen LogP contribution is 2.26. The molecule has 1 aromatic carbocycles. The molecule has 2 heterocycles. The highest BCUT2D eigenvalue weighted by molar-refractivity contribution is 6.03. The fourth-order valence-corrected chi connectivity index (χ4v) is 2.39. The number of carboxylic acid groups (broad SMARTS) is 1. The zero-order valence-corrected chi connectivity index (χ0v) is 10.4. The summed E-state index contributed by atoms with van der Waals surface area (Å²) in [5.74, 6) is -0.481. The van der Waals surface area contributed by atoms with E-state index < -0.39 is 5.97 Å². The van der Waals surface area contributed by atoms with Crippen LogP contribution in [0.4, 0.5) is 0 Å². The summed E-state index contributed by atoms with van der Waals surface area (Å²) in [6.45, 7) is 1.83. The lowest BCUT2D eigenvalue weighted by Gasteiger charge is -2.08. The van der Waals surface area contributed by atoms with E-state index in [9.17, 15) is 9.90 Å². The van der Waals surface area contributed by atoms with Crippen molar-refractivity contribution >= 4 is 16.9 Å². The van der Waals surface area contributed by atoms with E-state index >= 15 is 0 Å². The number of hydrogen-bond acceptors (Lipinski definition) is 4. The number of carbonyl (C=O) groups is 1. The van der Waals surface area contributed by atoms with Crippen molar-refractivity contribution in [2.45, 2.75) is 19.0 Å². The van der Waals surface area contributed by atoms with E-state index in [-0.39, 0.29) is 11.6 Å². The van der Waals surface area contributed by atoms with E-state index in [0.717, 1.165) is 13.0 Å². The summed E-state index contributed by atoms with van der Waals surface area (Å²) >= 11 is 0. The van der Waals surface area contributed by atoms with Gasteiger partial charge in [0.25, 0.3) is 0 Å². The Labute approximate surface area is 110 Å². The minimum Gasteiger partial charge on any atom is -0.478 e. The standard InChI is InChI=1S/C14H15NO4/c16-14(17)13-10-3-1-2-4-11(10)19-12(13)7-15-9-5-6-18-8-9/h1-4,9,15H,5-8H2,(H,16,17). The molecule has 0 bridgehead atoms. The third kappa shape index (κ3) is 2.34. The van der Waals surface area contributed by atoms with Gasteiger partial charge in [0.15, 0.2) is 0 Å². The molecular weight excluding hydrogens is 246 g/mol. The van der Waals surface area contributed by atoms with Crippen molar-refractivity contribution in [1.82, 2.24) is 5.32 Å². The number of fused-ring (bicyclic) bond motifs is 1. The van der Waals surface area contributed by atoms with Crippen LogP contribution < -0.4 is 5.32 Å². The molecular formula is C14H15NO4. The van der Waals surface area contributed by atoms with Gasteiger partial charge in [-0.3, -0.25) is 0 Å². The van der Waals surface area contributed by atoms with Crippen LogP contribution in [-0.2, 0) is 11.3 Å². The fourth-order valence-electron chi connectivity index (χ4n) is 2.39. The topological polar surface area (TPSA) is 71.7 Å². The van der Waals surface area contributed by atoms with E-state index in [2.05, 4.69) is 5.32 Å². The summed E-state index contributed by atoms with van der Waals surface area (Å²) in [6, 6.07) is 7.47. The molecule has 0 saturated carbocycles. The fraction of sp³-hybridized carbons (Fsp3) is 0.357. The van der Waals surface area contributed by atoms with Crippen LogP contribution in [0, 0.1) is 0 Å². The summed E-state index contributed by atoms with van der Waals surface area (Å²) in [6.07, 6.45) is 0.947. The normalized spacial score (nSPS) is 19.1. The third-order valence-electron chi connectivity index (χ3n) is 3.36. The third-order valence-corrected chi connectivity index (χ3v) is 3.36. The van der Waals surface area contributed by atoms with E-state index in [4.69, 9.17) is 9.15 Å². The van der Waals surface area contributed by atoms with Crippen molar-refractivity contribution < 1.29 is 19.1 Å². The molecule has 0 spiro atoms. The lowest BCUT2D eigenvalue weighted by atomic mass is 10.1. The number of carboxylic acids is 1. The number of benzene rings is 1. The largest absolute Gasteiger partial charge is 0.478 e. The highest BCUT2D eigenvalue weighted by Gasteiger charge is 2.21. The molecule has 5 heteroatoms. The second-order valence-electron chi connectivity index (χ2n) is 4.64. The molecule has 0 amide bonds. The van der Waals surface area contributed by atoms with Crippen LogP contribution >= 0.6 is 0 Å². The maximum Gasteiger partial charge on any atom is 0.339 e. The van der Waals surface area contributed by atoms with Gasteiger partial charge in [-0.2, -0.15) is 0 Å². The zero-order chi connectivity index (χ0) is 13.2. The average molecular weight is 261 g/mol. The van der Waals surface area contributed by atoms with Gasteiger partial charge in [-0.25, -0.2) is 4.79 Å². The van der Waals surface area contributed by atoms with E-state index in [1.165, 1.54) is 0 Å². The van der Waals surface area contributed by atoms with Crippen LogP contribution in [0.3, 0.4) is 0 Å². The van der Waals surface area contributed by atoms with Crippen LogP contribution in [0.5, 0.6) is 0 Å². The Morgan fingerprint density at radius 3 is 3.00 bits per heavy atom. The highest BCUT2D eigenvalue weighted by atomic mass is 16.5. The first-order chi connectivity index (χ1) is 9.25. The molecule has 1 aliphatic rings. The molecule has 3 rings (SSSR count). The van der Waals surface area contributed by atoms with Crippen LogP contribution in [0.15, 0.2) is 28.7 Å². The number of furan rings is 1. The SMILES string of the molecule is O=C(O)c1c(CNC2CCOC2)oc2ccccc12. The quantitative estimate of drug-likeness (QED) is 0.880. The zero-order valence-electron chi connectivity index (χ0n) is 10.4. The van der Waals surface area contributed by atoms with Crippen molar-refractivity contribution in [3.63, 3.8) is 0 Å². The van der Waals surface area contributed by atoms with Crippen molar-refractivity contribution in [2.75, 3.05) is 13.2 Å². The van der Waals surface area contributed by atoms with Gasteiger partial charge in [0, 0.05) is 18.0 Å². The molecule has 2 aromatic rings. The van der Waals surface area contributed by atoms with Gasteiger partial charge in [-0.05, 0) is 12.5 Å². The maximum absolute atomic E-state index is 11.4. The second-order valence-corrected chi connectivity index (χ2v) is 4.64. The van der Waals surface area contributed by atoms with Crippen LogP contribution in [-0.4, -0.2) is 30.3 Å². The smallest absolute Gasteiger partial charge is 0.339 e. The summed E-state index contributed by atoms with van der Waals surface area (Å²) in [7, 11) is 0. The molecule has 100 valence electrons. The van der Waals surface area contributed by atoms with Gasteiger partial charge in [0.1, 0.15) is 16.9 Å². The molecule has 5 nitrogen and oxygen atoms in total. The Morgan fingerprint density at radius 1 is 1.42 bits per heavy atom. The molecule has 1 fully saturated rings. The van der Waals surface area contributed by atoms with Gasteiger partial charge < -0.3 is 19.6 Å². The molecule has 1 aliphatic heterocycles. The van der Waals surface area contributed by atoms with Crippen molar-refractivity contribution in [1.29, 1.82) is 0 Å². The van der Waals surface area contributed by atoms with Gasteiger partial charge in [0.05, 0.1) is 13.2 Å². The first-order valence-electron chi connectivity index (χ1n) is 6.30. The average Bonchev–Trinajstić information content (AvgIpc) is 3.03. The van der Waals surface area contributed by atoms with E-state index in [0.29, 0.717) is 29.9 Å². The second kappa shape index (κ2) is 5.03. The maximum atomic E-state index is 11.4. The number of para-hydroxylation sites is 1. The molecule has 0 aliphatic carbocycles. The Morgan fingerprint density at radius 2 is 2.26 bits per heavy atom. The lowest BCUT2D eigenvalue weighted by Crippen LogP contribution is -2.28. The minimum atomic E-state index is -0.954. The Bertz CT molecular complexity index is 599. The molecule has 0 radical (unpaired) electrons. The number of aromatic carboxylic acids is 1. The van der Waals surface area contributed by atoms with Gasteiger partial charge in [-0.15, -0.1) is 0 Å². The van der Waals surface area contributed by atoms with Gasteiger partial charge in [-0.1, -0.05) is 18.2 Å². The van der Waals surface area contributed by atoms with Crippen molar-refractivity contribution in [3.8, 4) is 0 Å². The minimum absolute atomic E-state index is 0.252. The van der Waals surface area contributed by atoms with Gasteiger partial charge >= 0.3 is 5.97 Å². The Kier molecular flexibility index (Phi) is 3.23. The molecule has 1 aromatic heterocycles. The van der Waals surface area contributed by atoms with Crippen LogP contribution in [0.1, 0.15) is 22.5 Å². The summed E-state index contributed by atoms with van der Waals surface area (Å²) in [4.78, 5) is 11.4. The predicted octanol–water partition coefficient (Wildman–Crippen LogP) is 2.01. The van der Waals surface area contributed by atoms with E-state index in [1.807, 2.05) is 12.1 Å². The molecule has 19 heavy (non-hydrogen) atoms. The lowest BCUT2D eigenvalue weighted by molar-refractivity contribution is 0.0696. The first kappa shape index (κ1) is 12.2. The van der Waals surface area contributed by atoms with Crippen molar-refractivity contribution in [3.05, 3.63) is 35.6 Å². The van der Waals surface area contributed by atoms with Crippen LogP contribution in [0.25, 0.3) is 11.0 Å². The molecule has 1 unspecified atom stereocenters. The molecule has 2 N–H and O–H groups in total. The number of nitrogens with one attached hydrogen (secondary N) is 1. The summed E-state index contributed by atoms with van der Waals surface area (Å²) in [5.41, 5.74) is 0.862. The van der Waals surface area contributed by atoms with Crippen molar-refractivity contribution in [2.24, 2.45) is 0 Å². The molecule has 1 saturated heterocycles.